The van der Waals surface area contributed by atoms with E-state index in [4.69, 9.17) is 16.3 Å². The smallest absolute Gasteiger partial charge is 0.0786 e. The molecule has 0 bridgehead atoms. The summed E-state index contributed by atoms with van der Waals surface area (Å²) >= 11 is 6.24. The Hall–Kier alpha value is -0.930. The maximum absolute atomic E-state index is 6.24. The first-order chi connectivity index (χ1) is 8.68. The van der Waals surface area contributed by atoms with Crippen LogP contribution in [0.2, 0.25) is 5.02 Å². The number of halogens is 1. The van der Waals surface area contributed by atoms with E-state index < -0.39 is 0 Å². The maximum Gasteiger partial charge on any atom is 0.0786 e. The molecule has 1 aromatic carbocycles. The lowest BCUT2D eigenvalue weighted by Crippen LogP contribution is -2.25. The van der Waals surface area contributed by atoms with Gasteiger partial charge in [-0.15, -0.1) is 0 Å². The number of para-hydroxylation sites is 1. The van der Waals surface area contributed by atoms with E-state index in [0.717, 1.165) is 36.2 Å². The van der Waals surface area contributed by atoms with Gasteiger partial charge in [-0.25, -0.2) is 0 Å². The molecule has 18 heavy (non-hydrogen) atoms. The Morgan fingerprint density at radius 3 is 2.94 bits per heavy atom. The molecule has 1 atom stereocenters. The Balaban J connectivity index is 2.02. The molecule has 100 valence electrons. The van der Waals surface area contributed by atoms with Crippen LogP contribution in [0.4, 0.5) is 11.4 Å². The van der Waals surface area contributed by atoms with E-state index in [0.29, 0.717) is 5.92 Å². The minimum absolute atomic E-state index is 0.604. The largest absolute Gasteiger partial charge is 0.383 e. The van der Waals surface area contributed by atoms with Gasteiger partial charge in [0.25, 0.3) is 0 Å². The Morgan fingerprint density at radius 2 is 2.28 bits per heavy atom. The summed E-state index contributed by atoms with van der Waals surface area (Å²) < 4.78 is 5.50. The summed E-state index contributed by atoms with van der Waals surface area (Å²) in [5, 5.41) is 4.28. The number of ether oxygens (including phenoxy) is 1. The van der Waals surface area contributed by atoms with E-state index in [9.17, 15) is 0 Å². The van der Waals surface area contributed by atoms with Gasteiger partial charge in [0.05, 0.1) is 23.0 Å². The van der Waals surface area contributed by atoms with Crippen LogP contribution in [0.5, 0.6) is 0 Å². The molecule has 1 saturated heterocycles. The molecule has 1 N–H and O–H groups in total. The highest BCUT2D eigenvalue weighted by atomic mass is 35.5. The minimum atomic E-state index is 0.604. The quantitative estimate of drug-likeness (QED) is 0.907. The first-order valence-electron chi connectivity index (χ1n) is 6.46. The van der Waals surface area contributed by atoms with Crippen molar-refractivity contribution in [2.75, 3.05) is 44.1 Å². The highest BCUT2D eigenvalue weighted by molar-refractivity contribution is 6.34. The van der Waals surface area contributed by atoms with Crippen LogP contribution < -0.4 is 10.2 Å². The van der Waals surface area contributed by atoms with Crippen molar-refractivity contribution in [2.24, 2.45) is 5.92 Å². The van der Waals surface area contributed by atoms with Crippen LogP contribution in [0.1, 0.15) is 12.8 Å². The van der Waals surface area contributed by atoms with Crippen molar-refractivity contribution in [3.05, 3.63) is 23.2 Å². The molecule has 1 aliphatic rings. The van der Waals surface area contributed by atoms with E-state index in [1.807, 2.05) is 31.1 Å². The van der Waals surface area contributed by atoms with Gasteiger partial charge in [0.1, 0.15) is 0 Å². The predicted octanol–water partition coefficient (Wildman–Crippen LogP) is 3.24. The fourth-order valence-electron chi connectivity index (χ4n) is 2.34. The number of benzene rings is 1. The van der Waals surface area contributed by atoms with Gasteiger partial charge in [0, 0.05) is 27.2 Å². The number of hydrogen-bond donors (Lipinski definition) is 1. The molecule has 1 heterocycles. The van der Waals surface area contributed by atoms with Gasteiger partial charge < -0.3 is 15.0 Å². The monoisotopic (exact) mass is 268 g/mol. The van der Waals surface area contributed by atoms with E-state index >= 15 is 0 Å². The zero-order chi connectivity index (χ0) is 13.0. The molecule has 0 saturated carbocycles. The molecule has 1 aliphatic heterocycles. The van der Waals surface area contributed by atoms with Gasteiger partial charge >= 0.3 is 0 Å². The lowest BCUT2D eigenvalue weighted by molar-refractivity contribution is 0.0595. The fraction of sp³-hybridized carbons (Fsp3) is 0.571. The van der Waals surface area contributed by atoms with Gasteiger partial charge in [-0.2, -0.15) is 0 Å². The average molecular weight is 269 g/mol. The second-order valence-corrected chi connectivity index (χ2v) is 5.40. The Kier molecular flexibility index (Phi) is 4.72. The van der Waals surface area contributed by atoms with Crippen LogP contribution in [-0.4, -0.2) is 33.9 Å². The Bertz CT molecular complexity index is 389. The maximum atomic E-state index is 6.24. The van der Waals surface area contributed by atoms with E-state index in [1.54, 1.807) is 0 Å². The lowest BCUT2D eigenvalue weighted by Gasteiger charge is -2.25. The number of nitrogens with one attached hydrogen (secondary N) is 1. The fourth-order valence-corrected chi connectivity index (χ4v) is 2.68. The van der Waals surface area contributed by atoms with Crippen molar-refractivity contribution in [3.63, 3.8) is 0 Å². The van der Waals surface area contributed by atoms with Gasteiger partial charge in [-0.1, -0.05) is 17.7 Å². The summed E-state index contributed by atoms with van der Waals surface area (Å²) in [4.78, 5) is 2.04. The Morgan fingerprint density at radius 1 is 1.44 bits per heavy atom. The van der Waals surface area contributed by atoms with Crippen LogP contribution in [0.15, 0.2) is 18.2 Å². The van der Waals surface area contributed by atoms with Crippen LogP contribution in [-0.2, 0) is 4.74 Å². The third-order valence-corrected chi connectivity index (χ3v) is 3.57. The molecular weight excluding hydrogens is 248 g/mol. The van der Waals surface area contributed by atoms with Crippen molar-refractivity contribution in [1.82, 2.24) is 0 Å². The van der Waals surface area contributed by atoms with E-state index in [2.05, 4.69) is 11.4 Å². The van der Waals surface area contributed by atoms with Crippen LogP contribution >= 0.6 is 11.6 Å². The summed E-state index contributed by atoms with van der Waals surface area (Å²) in [5.41, 5.74) is 2.15. The second kappa shape index (κ2) is 6.30. The van der Waals surface area contributed by atoms with Crippen LogP contribution in [0, 0.1) is 5.92 Å². The molecule has 1 aromatic rings. The molecule has 0 spiro atoms. The Labute approximate surface area is 114 Å². The SMILES string of the molecule is CN(C)c1c(Cl)cccc1NCC1CCCOC1. The predicted molar refractivity (Wildman–Crippen MR) is 77.8 cm³/mol. The zero-order valence-corrected chi connectivity index (χ0v) is 11.8. The highest BCUT2D eigenvalue weighted by Crippen LogP contribution is 2.32. The molecule has 1 fully saturated rings. The molecule has 1 unspecified atom stereocenters. The number of nitrogens with zero attached hydrogens (tertiary/aromatic N) is 1. The van der Waals surface area contributed by atoms with Gasteiger partial charge in [0.15, 0.2) is 0 Å². The molecule has 4 heteroatoms. The number of rotatable bonds is 4. The summed E-state index contributed by atoms with van der Waals surface area (Å²) in [6.07, 6.45) is 2.41. The van der Waals surface area contributed by atoms with Crippen molar-refractivity contribution in [1.29, 1.82) is 0 Å². The average Bonchev–Trinajstić information content (AvgIpc) is 2.37. The first kappa shape index (κ1) is 13.5. The van der Waals surface area contributed by atoms with E-state index in [-0.39, 0.29) is 0 Å². The standard InChI is InChI=1S/C14H21ClN2O/c1-17(2)14-12(15)6-3-7-13(14)16-9-11-5-4-8-18-10-11/h3,6-7,11,16H,4-5,8-10H2,1-2H3. The summed E-state index contributed by atoms with van der Waals surface area (Å²) in [7, 11) is 4.02. The molecule has 0 radical (unpaired) electrons. The first-order valence-corrected chi connectivity index (χ1v) is 6.83. The number of anilines is 2. The second-order valence-electron chi connectivity index (χ2n) is 4.99. The van der Waals surface area contributed by atoms with Crippen LogP contribution in [0.3, 0.4) is 0 Å². The van der Waals surface area contributed by atoms with Gasteiger partial charge in [0.2, 0.25) is 0 Å². The molecule has 2 rings (SSSR count). The topological polar surface area (TPSA) is 24.5 Å². The normalized spacial score (nSPS) is 19.6. The van der Waals surface area contributed by atoms with Crippen molar-refractivity contribution in [2.45, 2.75) is 12.8 Å². The number of hydrogen-bond acceptors (Lipinski definition) is 3. The summed E-state index contributed by atoms with van der Waals surface area (Å²) in [6, 6.07) is 5.98. The lowest BCUT2D eigenvalue weighted by atomic mass is 10.0. The summed E-state index contributed by atoms with van der Waals surface area (Å²) in [5.74, 6) is 0.604. The summed E-state index contributed by atoms with van der Waals surface area (Å²) in [6.45, 7) is 2.72. The van der Waals surface area contributed by atoms with Gasteiger partial charge in [-0.05, 0) is 30.9 Å². The van der Waals surface area contributed by atoms with Crippen molar-refractivity contribution >= 4 is 23.0 Å². The van der Waals surface area contributed by atoms with Gasteiger partial charge in [-0.3, -0.25) is 0 Å². The third kappa shape index (κ3) is 3.30. The zero-order valence-electron chi connectivity index (χ0n) is 11.1. The highest BCUT2D eigenvalue weighted by Gasteiger charge is 2.15. The molecule has 0 amide bonds. The van der Waals surface area contributed by atoms with Crippen LogP contribution in [0.25, 0.3) is 0 Å². The molecule has 0 aliphatic carbocycles. The van der Waals surface area contributed by atoms with E-state index in [1.165, 1.54) is 12.8 Å². The minimum Gasteiger partial charge on any atom is -0.383 e. The van der Waals surface area contributed by atoms with Crippen molar-refractivity contribution in [3.8, 4) is 0 Å². The molecule has 0 aromatic heterocycles. The van der Waals surface area contributed by atoms with Crippen molar-refractivity contribution < 1.29 is 4.74 Å². The third-order valence-electron chi connectivity index (χ3n) is 3.27. The molecular formula is C14H21ClN2O. The molecule has 3 nitrogen and oxygen atoms in total.